The highest BCUT2D eigenvalue weighted by Crippen LogP contribution is 2.41. The highest BCUT2D eigenvalue weighted by atomic mass is 32.2. The van der Waals surface area contributed by atoms with Crippen molar-refractivity contribution in [3.63, 3.8) is 0 Å². The summed E-state index contributed by atoms with van der Waals surface area (Å²) in [6, 6.07) is -0.690. The predicted octanol–water partition coefficient (Wildman–Crippen LogP) is 13.4. The van der Waals surface area contributed by atoms with E-state index in [-0.39, 0.29) is 11.2 Å². The molecule has 0 bridgehead atoms. The Labute approximate surface area is 370 Å². The van der Waals surface area contributed by atoms with E-state index < -0.39 is 195 Å². The molecule has 0 spiro atoms. The number of rotatable bonds is 6. The van der Waals surface area contributed by atoms with E-state index in [1.807, 2.05) is 12.1 Å². The Bertz CT molecular complexity index is 2140. The van der Waals surface area contributed by atoms with Crippen LogP contribution in [0, 0.1) is 6.92 Å². The van der Waals surface area contributed by atoms with Gasteiger partial charge in [-0.15, -0.1) is 0 Å². The molecule has 372 valence electrons. The minimum atomic E-state index is -6.13. The molecule has 27 heteroatoms. The van der Waals surface area contributed by atoms with E-state index in [4.69, 9.17) is 4.18 Å². The van der Waals surface area contributed by atoms with Crippen molar-refractivity contribution in [3.05, 3.63) is 147 Å². The molecule has 0 amide bonds. The van der Waals surface area contributed by atoms with E-state index in [9.17, 15) is 105 Å². The lowest BCUT2D eigenvalue weighted by Crippen LogP contribution is -2.75. The zero-order chi connectivity index (χ0) is 52.2. The molecule has 0 heterocycles. The third-order valence-corrected chi connectivity index (χ3v) is 10.2. The first-order valence-electron chi connectivity index (χ1n) is 18.1. The summed E-state index contributed by atoms with van der Waals surface area (Å²) in [5, 5.41) is 0. The maximum atomic E-state index is 14.2. The standard InChI is InChI=1S/C32H12BF24.C9H13OS/c34-25(35,36)13-1-14(26(37,38)39)6-21(5-13)33(22-7-15(27(40,41)42)2-16(8-22)28(43,44)45,23-9-17(29(46,47)48)3-18(10-23)30(49,50)51)24-11-19(31(52,53)54)4-20(12-24)32(55,56)57;1-8-4-6-9(7-5-8)10-11(2)3/h1-12H;4-7H,1-3H3/q-1;+1. The first-order chi connectivity index (χ1) is 30.4. The van der Waals surface area contributed by atoms with E-state index >= 15 is 0 Å². The Hall–Kier alpha value is -5.37. The van der Waals surface area contributed by atoms with Crippen molar-refractivity contribution < 1.29 is 110 Å². The van der Waals surface area contributed by atoms with Gasteiger partial charge in [-0.1, -0.05) is 66.2 Å². The first kappa shape index (κ1) is 55.2. The van der Waals surface area contributed by atoms with Crippen molar-refractivity contribution in [1.29, 1.82) is 0 Å². The molecule has 0 atom stereocenters. The van der Waals surface area contributed by atoms with E-state index in [1.54, 1.807) is 0 Å². The molecule has 0 aliphatic carbocycles. The zero-order valence-corrected chi connectivity index (χ0v) is 34.5. The molecule has 0 radical (unpaired) electrons. The summed E-state index contributed by atoms with van der Waals surface area (Å²) < 4.78 is 346. The highest BCUT2D eigenvalue weighted by molar-refractivity contribution is 7.91. The third-order valence-electron chi connectivity index (χ3n) is 9.72. The van der Waals surface area contributed by atoms with Crippen LogP contribution in [-0.4, -0.2) is 18.7 Å². The van der Waals surface area contributed by atoms with E-state index in [0.717, 1.165) is 5.75 Å². The molecule has 0 unspecified atom stereocenters. The molecule has 0 aliphatic heterocycles. The SMILES string of the molecule is Cc1ccc(O[S+](C)C)cc1.FC(F)(F)c1cc([B-](c2cc(C(F)(F)F)cc(C(F)(F)F)c2)(c2cc(C(F)(F)F)cc(C(F)(F)F)c2)c2cc(C(F)(F)F)cc(C(F)(F)F)c2)cc(C(F)(F)F)c1. The van der Waals surface area contributed by atoms with Crippen molar-refractivity contribution in [3.8, 4) is 5.75 Å². The molecule has 0 aliphatic rings. The molecule has 5 rings (SSSR count). The Balaban J connectivity index is 0.000000802. The normalized spacial score (nSPS) is 13.6. The number of aryl methyl sites for hydroxylation is 1. The fourth-order valence-electron chi connectivity index (χ4n) is 6.86. The monoisotopic (exact) mass is 1030 g/mol. The van der Waals surface area contributed by atoms with E-state index in [0.29, 0.717) is 0 Å². The summed E-state index contributed by atoms with van der Waals surface area (Å²) >= 11 is 0.0268. The molecule has 5 aromatic rings. The number of benzene rings is 5. The van der Waals surface area contributed by atoms with Crippen LogP contribution in [0.1, 0.15) is 50.1 Å². The average Bonchev–Trinajstić information content (AvgIpc) is 3.16. The maximum Gasteiger partial charge on any atom is 0.416 e. The second-order valence-electron chi connectivity index (χ2n) is 14.9. The Morgan fingerprint density at radius 3 is 0.632 bits per heavy atom. The van der Waals surface area contributed by atoms with Gasteiger partial charge >= 0.3 is 49.4 Å². The Morgan fingerprint density at radius 2 is 0.485 bits per heavy atom. The van der Waals surface area contributed by atoms with Crippen molar-refractivity contribution in [2.75, 3.05) is 12.5 Å². The quantitative estimate of drug-likeness (QED) is 0.0936. The van der Waals surface area contributed by atoms with Crippen molar-refractivity contribution in [2.24, 2.45) is 0 Å². The summed E-state index contributed by atoms with van der Waals surface area (Å²) in [5.41, 5.74) is -28.9. The fraction of sp³-hybridized carbons (Fsp3) is 0.268. The van der Waals surface area contributed by atoms with Crippen LogP contribution in [0.15, 0.2) is 97.1 Å². The molecule has 0 N–H and O–H groups in total. The van der Waals surface area contributed by atoms with E-state index in [1.165, 1.54) is 5.56 Å². The lowest BCUT2D eigenvalue weighted by Gasteiger charge is -2.46. The smallest absolute Gasteiger partial charge is 0.287 e. The lowest BCUT2D eigenvalue weighted by molar-refractivity contribution is -0.144. The van der Waals surface area contributed by atoms with Gasteiger partial charge in [0.05, 0.1) is 44.5 Å². The van der Waals surface area contributed by atoms with Crippen LogP contribution >= 0.6 is 0 Å². The molecular weight excluding hydrogens is 1010 g/mol. The fourth-order valence-corrected chi connectivity index (χ4v) is 7.35. The predicted molar refractivity (Wildman–Crippen MR) is 201 cm³/mol. The minimum absolute atomic E-state index is 0.0268. The molecule has 1 nitrogen and oxygen atoms in total. The molecule has 0 saturated heterocycles. The van der Waals surface area contributed by atoms with Gasteiger partial charge in [0.1, 0.15) is 18.7 Å². The van der Waals surface area contributed by atoms with Crippen LogP contribution in [0.4, 0.5) is 105 Å². The number of alkyl halides is 24. The van der Waals surface area contributed by atoms with Gasteiger partial charge in [-0.2, -0.15) is 127 Å². The van der Waals surface area contributed by atoms with Gasteiger partial charge in [0.25, 0.3) is 0 Å². The largest absolute Gasteiger partial charge is 0.416 e. The summed E-state index contributed by atoms with van der Waals surface area (Å²) in [4.78, 5) is 0. The van der Waals surface area contributed by atoms with Gasteiger partial charge < -0.3 is 0 Å². The van der Waals surface area contributed by atoms with E-state index in [2.05, 4.69) is 31.6 Å². The van der Waals surface area contributed by atoms with Gasteiger partial charge in [-0.3, -0.25) is 4.18 Å². The van der Waals surface area contributed by atoms with Gasteiger partial charge in [-0.25, -0.2) is 0 Å². The molecule has 0 aromatic heterocycles. The summed E-state index contributed by atoms with van der Waals surface area (Å²) in [6.45, 7) is 2.07. The molecule has 0 saturated carbocycles. The second-order valence-corrected chi connectivity index (χ2v) is 16.5. The number of hydrogen-bond acceptors (Lipinski definition) is 1. The van der Waals surface area contributed by atoms with Crippen LogP contribution < -0.4 is 26.0 Å². The lowest BCUT2D eigenvalue weighted by atomic mass is 9.12. The van der Waals surface area contributed by atoms with Crippen LogP contribution in [0.2, 0.25) is 0 Å². The molecule has 68 heavy (non-hydrogen) atoms. The van der Waals surface area contributed by atoms with Gasteiger partial charge in [0.15, 0.2) is 16.9 Å². The second kappa shape index (κ2) is 18.5. The summed E-state index contributed by atoms with van der Waals surface area (Å²) in [6.07, 6.45) is -50.7. The first-order valence-corrected chi connectivity index (χ1v) is 20.1. The zero-order valence-electron chi connectivity index (χ0n) is 33.7. The third kappa shape index (κ3) is 13.0. The number of hydrogen-bond donors (Lipinski definition) is 0. The molecule has 0 fully saturated rings. The average molecular weight is 1030 g/mol. The number of halogens is 24. The summed E-state index contributed by atoms with van der Waals surface area (Å²) in [7, 11) is 0. The Morgan fingerprint density at radius 1 is 0.309 bits per heavy atom. The minimum Gasteiger partial charge on any atom is -0.287 e. The van der Waals surface area contributed by atoms with Gasteiger partial charge in [-0.05, 0) is 43.3 Å². The Kier molecular flexibility index (Phi) is 15.0. The maximum absolute atomic E-state index is 14.2. The van der Waals surface area contributed by atoms with Crippen LogP contribution in [0.3, 0.4) is 0 Å². The van der Waals surface area contributed by atoms with Crippen LogP contribution in [-0.2, 0) is 60.6 Å². The topological polar surface area (TPSA) is 9.23 Å². The van der Waals surface area contributed by atoms with Gasteiger partial charge in [0, 0.05) is 0 Å². The molecular formula is C41H25BF24OS. The van der Waals surface area contributed by atoms with Crippen molar-refractivity contribution >= 4 is 39.2 Å². The van der Waals surface area contributed by atoms with Crippen LogP contribution in [0.5, 0.6) is 5.75 Å². The van der Waals surface area contributed by atoms with Crippen molar-refractivity contribution in [2.45, 2.75) is 56.3 Å². The van der Waals surface area contributed by atoms with Crippen molar-refractivity contribution in [1.82, 2.24) is 0 Å². The highest BCUT2D eigenvalue weighted by Gasteiger charge is 2.47. The molecule has 5 aromatic carbocycles. The van der Waals surface area contributed by atoms with Crippen LogP contribution in [0.25, 0.3) is 0 Å². The summed E-state index contributed by atoms with van der Waals surface area (Å²) in [5.74, 6) is 0.962. The van der Waals surface area contributed by atoms with Gasteiger partial charge in [0.2, 0.25) is 0 Å².